The largest absolute Gasteiger partial charge is 0.351 e. The van der Waals surface area contributed by atoms with Crippen LogP contribution in [0.2, 0.25) is 5.02 Å². The molecule has 3 aromatic carbocycles. The van der Waals surface area contributed by atoms with Gasteiger partial charge >= 0.3 is 0 Å². The van der Waals surface area contributed by atoms with Gasteiger partial charge < -0.3 is 5.32 Å². The normalized spacial score (nSPS) is 16.5. The van der Waals surface area contributed by atoms with Gasteiger partial charge in [0.15, 0.2) is 0 Å². The van der Waals surface area contributed by atoms with Crippen LogP contribution in [-0.2, 0) is 34.3 Å². The van der Waals surface area contributed by atoms with E-state index in [1.807, 2.05) is 49.4 Å². The van der Waals surface area contributed by atoms with Crippen molar-refractivity contribution in [3.05, 3.63) is 100 Å². The number of halogens is 1. The zero-order valence-electron chi connectivity index (χ0n) is 17.1. The molecule has 0 saturated heterocycles. The molecular formula is C24H23ClN2O3S. The number of carbonyl (C=O) groups excluding carboxylic acids is 1. The van der Waals surface area contributed by atoms with Crippen LogP contribution in [0.4, 0.5) is 0 Å². The molecule has 0 aromatic heterocycles. The van der Waals surface area contributed by atoms with E-state index in [2.05, 4.69) is 5.32 Å². The number of hydrogen-bond acceptors (Lipinski definition) is 3. The van der Waals surface area contributed by atoms with Crippen LogP contribution in [0.3, 0.4) is 0 Å². The van der Waals surface area contributed by atoms with E-state index in [1.165, 1.54) is 4.31 Å². The van der Waals surface area contributed by atoms with Crippen molar-refractivity contribution < 1.29 is 13.2 Å². The molecule has 1 N–H and O–H groups in total. The van der Waals surface area contributed by atoms with Crippen LogP contribution in [0.1, 0.15) is 22.3 Å². The Kier molecular flexibility index (Phi) is 6.14. The molecular weight excluding hydrogens is 432 g/mol. The quantitative estimate of drug-likeness (QED) is 0.631. The van der Waals surface area contributed by atoms with Gasteiger partial charge in [0.05, 0.1) is 4.90 Å². The fourth-order valence-corrected chi connectivity index (χ4v) is 5.53. The average molecular weight is 455 g/mol. The molecule has 0 fully saturated rings. The van der Waals surface area contributed by atoms with Crippen LogP contribution >= 0.6 is 11.6 Å². The van der Waals surface area contributed by atoms with Crippen LogP contribution in [0.5, 0.6) is 0 Å². The van der Waals surface area contributed by atoms with Crippen molar-refractivity contribution in [1.29, 1.82) is 0 Å². The smallest absolute Gasteiger partial charge is 0.244 e. The number of fused-ring (bicyclic) bond motifs is 1. The van der Waals surface area contributed by atoms with E-state index in [1.54, 1.807) is 30.3 Å². The van der Waals surface area contributed by atoms with E-state index >= 15 is 0 Å². The summed E-state index contributed by atoms with van der Waals surface area (Å²) in [4.78, 5) is 13.4. The van der Waals surface area contributed by atoms with Crippen molar-refractivity contribution in [2.24, 2.45) is 0 Å². The number of amides is 1. The third-order valence-electron chi connectivity index (χ3n) is 5.55. The summed E-state index contributed by atoms with van der Waals surface area (Å²) in [5.74, 6) is -0.342. The lowest BCUT2D eigenvalue weighted by Gasteiger charge is -2.35. The predicted octanol–water partition coefficient (Wildman–Crippen LogP) is 4.08. The first-order valence-electron chi connectivity index (χ1n) is 10.0. The molecule has 1 amide bonds. The lowest BCUT2D eigenvalue weighted by Crippen LogP contribution is -2.52. The molecule has 31 heavy (non-hydrogen) atoms. The minimum Gasteiger partial charge on any atom is -0.351 e. The molecule has 0 unspecified atom stereocenters. The number of hydrogen-bond donors (Lipinski definition) is 1. The first-order chi connectivity index (χ1) is 14.9. The fraction of sp³-hybridized carbons (Fsp3) is 0.208. The number of aryl methyl sites for hydroxylation is 1. The van der Waals surface area contributed by atoms with Gasteiger partial charge in [-0.1, -0.05) is 71.8 Å². The Hall–Kier alpha value is -2.67. The van der Waals surface area contributed by atoms with Gasteiger partial charge in [-0.25, -0.2) is 8.42 Å². The Morgan fingerprint density at radius 1 is 1.00 bits per heavy atom. The Labute approximate surface area is 187 Å². The maximum atomic E-state index is 13.5. The first kappa shape index (κ1) is 21.6. The monoisotopic (exact) mass is 454 g/mol. The van der Waals surface area contributed by atoms with Crippen molar-refractivity contribution >= 4 is 27.5 Å². The molecule has 7 heteroatoms. The zero-order valence-corrected chi connectivity index (χ0v) is 18.7. The third kappa shape index (κ3) is 4.51. The van der Waals surface area contributed by atoms with E-state index < -0.39 is 16.1 Å². The van der Waals surface area contributed by atoms with E-state index in [-0.39, 0.29) is 23.9 Å². The molecule has 4 rings (SSSR count). The highest BCUT2D eigenvalue weighted by atomic mass is 35.5. The van der Waals surface area contributed by atoms with E-state index in [9.17, 15) is 13.2 Å². The van der Waals surface area contributed by atoms with Gasteiger partial charge in [-0.05, 0) is 48.2 Å². The highest BCUT2D eigenvalue weighted by Gasteiger charge is 2.39. The Balaban J connectivity index is 1.65. The summed E-state index contributed by atoms with van der Waals surface area (Å²) in [6, 6.07) is 20.7. The number of nitrogens with zero attached hydrogens (tertiary/aromatic N) is 1. The predicted molar refractivity (Wildman–Crippen MR) is 121 cm³/mol. The second-order valence-electron chi connectivity index (χ2n) is 7.66. The fourth-order valence-electron chi connectivity index (χ4n) is 3.76. The summed E-state index contributed by atoms with van der Waals surface area (Å²) < 4.78 is 28.3. The van der Waals surface area contributed by atoms with Crippen LogP contribution in [-0.4, -0.2) is 24.7 Å². The molecule has 1 aliphatic rings. The number of nitrogens with one attached hydrogen (secondary N) is 1. The summed E-state index contributed by atoms with van der Waals surface area (Å²) >= 11 is 6.20. The number of benzene rings is 3. The standard InChI is InChI=1S/C24H23ClN2O3S/c1-17-10-12-21(13-11-17)31(29,30)27-16-20-8-3-2-6-18(20)14-23(27)24(28)26-15-19-7-4-5-9-22(19)25/h2-13,23H,14-16H2,1H3,(H,26,28)/t23-/m1/s1. The number of rotatable bonds is 5. The van der Waals surface area contributed by atoms with Crippen LogP contribution in [0.25, 0.3) is 0 Å². The molecule has 0 spiro atoms. The third-order valence-corrected chi connectivity index (χ3v) is 7.78. The minimum atomic E-state index is -3.86. The van der Waals surface area contributed by atoms with Gasteiger partial charge in [-0.2, -0.15) is 4.31 Å². The Morgan fingerprint density at radius 2 is 1.65 bits per heavy atom. The van der Waals surface area contributed by atoms with Crippen LogP contribution < -0.4 is 5.32 Å². The summed E-state index contributed by atoms with van der Waals surface area (Å²) in [5, 5.41) is 3.43. The van der Waals surface area contributed by atoms with Crippen molar-refractivity contribution in [3.63, 3.8) is 0 Å². The van der Waals surface area contributed by atoms with Crippen LogP contribution in [0, 0.1) is 6.92 Å². The van der Waals surface area contributed by atoms with Crippen molar-refractivity contribution in [2.45, 2.75) is 37.4 Å². The molecule has 0 radical (unpaired) electrons. The molecule has 5 nitrogen and oxygen atoms in total. The molecule has 1 aliphatic heterocycles. The van der Waals surface area contributed by atoms with Crippen molar-refractivity contribution in [1.82, 2.24) is 9.62 Å². The van der Waals surface area contributed by atoms with Gasteiger partial charge in [0.2, 0.25) is 15.9 Å². The van der Waals surface area contributed by atoms with E-state index in [4.69, 9.17) is 11.6 Å². The zero-order chi connectivity index (χ0) is 22.0. The molecule has 3 aromatic rings. The molecule has 1 heterocycles. The number of sulfonamides is 1. The summed E-state index contributed by atoms with van der Waals surface area (Å²) in [5.41, 5.74) is 3.64. The lowest BCUT2D eigenvalue weighted by atomic mass is 9.95. The second kappa shape index (κ2) is 8.83. The lowest BCUT2D eigenvalue weighted by molar-refractivity contribution is -0.125. The highest BCUT2D eigenvalue weighted by molar-refractivity contribution is 7.89. The van der Waals surface area contributed by atoms with Gasteiger partial charge in [0.1, 0.15) is 6.04 Å². The summed E-state index contributed by atoms with van der Waals surface area (Å²) in [6.07, 6.45) is 0.315. The topological polar surface area (TPSA) is 66.5 Å². The van der Waals surface area contributed by atoms with E-state index in [0.29, 0.717) is 11.4 Å². The second-order valence-corrected chi connectivity index (χ2v) is 9.96. The molecule has 0 aliphatic carbocycles. The average Bonchev–Trinajstić information content (AvgIpc) is 2.77. The van der Waals surface area contributed by atoms with Gasteiger partial charge in [-0.15, -0.1) is 0 Å². The summed E-state index contributed by atoms with van der Waals surface area (Å²) in [6.45, 7) is 2.28. The van der Waals surface area contributed by atoms with Crippen molar-refractivity contribution in [3.8, 4) is 0 Å². The molecule has 0 saturated carbocycles. The van der Waals surface area contributed by atoms with Gasteiger partial charge in [-0.3, -0.25) is 4.79 Å². The summed E-state index contributed by atoms with van der Waals surface area (Å²) in [7, 11) is -3.86. The molecule has 0 bridgehead atoms. The minimum absolute atomic E-state index is 0.149. The Morgan fingerprint density at radius 3 is 2.35 bits per heavy atom. The van der Waals surface area contributed by atoms with Gasteiger partial charge in [0, 0.05) is 18.1 Å². The molecule has 1 atom stereocenters. The number of carbonyl (C=O) groups is 1. The van der Waals surface area contributed by atoms with E-state index in [0.717, 1.165) is 22.3 Å². The van der Waals surface area contributed by atoms with Gasteiger partial charge in [0.25, 0.3) is 0 Å². The van der Waals surface area contributed by atoms with Crippen molar-refractivity contribution in [2.75, 3.05) is 0 Å². The highest BCUT2D eigenvalue weighted by Crippen LogP contribution is 2.29. The SMILES string of the molecule is Cc1ccc(S(=O)(=O)N2Cc3ccccc3C[C@@H]2C(=O)NCc2ccccc2Cl)cc1. The van der Waals surface area contributed by atoms with Crippen LogP contribution in [0.15, 0.2) is 77.7 Å². The molecule has 160 valence electrons. The Bertz CT molecular complexity index is 1210. The maximum absolute atomic E-state index is 13.5. The maximum Gasteiger partial charge on any atom is 0.244 e. The first-order valence-corrected chi connectivity index (χ1v) is 11.8.